The van der Waals surface area contributed by atoms with Gasteiger partial charge in [-0.05, 0) is 55.3 Å². The minimum absolute atomic E-state index is 0.0652. The van der Waals surface area contributed by atoms with Gasteiger partial charge in [-0.25, -0.2) is 8.91 Å². The summed E-state index contributed by atoms with van der Waals surface area (Å²) in [6.45, 7) is 1.17. The zero-order valence-corrected chi connectivity index (χ0v) is 18.5. The third kappa shape index (κ3) is 4.50. The lowest BCUT2D eigenvalue weighted by atomic mass is 10.0. The molecule has 0 aliphatic carbocycles. The van der Waals surface area contributed by atoms with Crippen LogP contribution in [0.4, 0.5) is 29.2 Å². The van der Waals surface area contributed by atoms with Crippen molar-refractivity contribution in [2.75, 3.05) is 23.3 Å². The monoisotopic (exact) mass is 490 g/mol. The van der Waals surface area contributed by atoms with Crippen LogP contribution >= 0.6 is 11.6 Å². The fraction of sp³-hybridized carbons (Fsp3) is 0.261. The summed E-state index contributed by atoms with van der Waals surface area (Å²) in [5.74, 6) is 0.0182. The second-order valence-electron chi connectivity index (χ2n) is 8.05. The van der Waals surface area contributed by atoms with Gasteiger partial charge in [-0.2, -0.15) is 18.2 Å². The normalized spacial score (nSPS) is 15.1. The number of fused-ring (bicyclic) bond motifs is 1. The van der Waals surface area contributed by atoms with Gasteiger partial charge in [0.2, 0.25) is 5.95 Å². The predicted octanol–water partition coefficient (Wildman–Crippen LogP) is 5.68. The summed E-state index contributed by atoms with van der Waals surface area (Å²) in [4.78, 5) is 9.95. The number of nitrogens with one attached hydrogen (secondary N) is 1. The van der Waals surface area contributed by atoms with Gasteiger partial charge in [0.1, 0.15) is 11.5 Å². The largest absolute Gasteiger partial charge is 0.433 e. The molecule has 0 saturated carbocycles. The van der Waals surface area contributed by atoms with Crippen molar-refractivity contribution in [3.63, 3.8) is 0 Å². The van der Waals surface area contributed by atoms with Crippen LogP contribution in [0.25, 0.3) is 16.8 Å². The van der Waals surface area contributed by atoms with E-state index in [9.17, 15) is 17.6 Å². The molecule has 1 saturated heterocycles. The van der Waals surface area contributed by atoms with E-state index < -0.39 is 17.7 Å². The predicted molar refractivity (Wildman–Crippen MR) is 121 cm³/mol. The molecule has 4 heterocycles. The van der Waals surface area contributed by atoms with Crippen LogP contribution in [0.2, 0.25) is 5.02 Å². The summed E-state index contributed by atoms with van der Waals surface area (Å²) in [7, 11) is 0. The fourth-order valence-corrected chi connectivity index (χ4v) is 4.39. The zero-order chi connectivity index (χ0) is 23.9. The molecule has 0 unspecified atom stereocenters. The maximum absolute atomic E-state index is 13.5. The van der Waals surface area contributed by atoms with E-state index in [-0.39, 0.29) is 11.1 Å². The van der Waals surface area contributed by atoms with Crippen molar-refractivity contribution in [2.45, 2.75) is 25.1 Å². The van der Waals surface area contributed by atoms with Crippen molar-refractivity contribution in [1.29, 1.82) is 0 Å². The number of hydrogen-bond acceptors (Lipinski definition) is 5. The molecular weight excluding hydrogens is 472 g/mol. The van der Waals surface area contributed by atoms with Gasteiger partial charge < -0.3 is 10.2 Å². The Balaban J connectivity index is 1.30. The molecule has 34 heavy (non-hydrogen) atoms. The van der Waals surface area contributed by atoms with E-state index in [1.165, 1.54) is 18.3 Å². The first-order chi connectivity index (χ1) is 16.3. The Morgan fingerprint density at radius 1 is 1.03 bits per heavy atom. The molecule has 1 aromatic carbocycles. The average molecular weight is 491 g/mol. The summed E-state index contributed by atoms with van der Waals surface area (Å²) >= 11 is 6.24. The fourth-order valence-electron chi connectivity index (χ4n) is 4.12. The van der Waals surface area contributed by atoms with Crippen molar-refractivity contribution in [1.82, 2.24) is 19.6 Å². The lowest BCUT2D eigenvalue weighted by molar-refractivity contribution is -0.141. The van der Waals surface area contributed by atoms with Crippen LogP contribution in [0.3, 0.4) is 0 Å². The number of rotatable bonds is 4. The van der Waals surface area contributed by atoms with E-state index in [1.807, 2.05) is 17.0 Å². The number of aromatic nitrogens is 4. The maximum Gasteiger partial charge on any atom is 0.433 e. The zero-order valence-electron chi connectivity index (χ0n) is 17.7. The Bertz CT molecular complexity index is 1330. The van der Waals surface area contributed by atoms with Crippen molar-refractivity contribution in [2.24, 2.45) is 0 Å². The molecule has 0 radical (unpaired) electrons. The van der Waals surface area contributed by atoms with E-state index in [1.54, 1.807) is 22.8 Å². The second-order valence-corrected chi connectivity index (χ2v) is 8.46. The first-order valence-electron chi connectivity index (χ1n) is 10.6. The van der Waals surface area contributed by atoms with Gasteiger partial charge in [0.25, 0.3) is 0 Å². The summed E-state index contributed by atoms with van der Waals surface area (Å²) in [6, 6.07) is 10.6. The van der Waals surface area contributed by atoms with Gasteiger partial charge in [0.05, 0.1) is 5.02 Å². The standard InChI is InChI=1S/C23H19ClF4N6/c24-19-12-14(25)3-4-17(19)18-2-1-9-34-21(18)31-22(32-34)30-15-6-10-33(11-7-15)16-5-8-29-20(13-16)23(26,27)28/h1-5,8-9,12-13,15H,6-7,10-11H2,(H,30,32). The number of halogens is 5. The van der Waals surface area contributed by atoms with E-state index in [4.69, 9.17) is 11.6 Å². The van der Waals surface area contributed by atoms with E-state index in [0.717, 1.165) is 11.6 Å². The van der Waals surface area contributed by atoms with Crippen LogP contribution in [0.15, 0.2) is 54.9 Å². The number of hydrogen-bond donors (Lipinski definition) is 1. The molecular formula is C23H19ClF4N6. The molecule has 5 rings (SSSR count). The molecule has 1 aliphatic rings. The lowest BCUT2D eigenvalue weighted by Crippen LogP contribution is -2.39. The topological polar surface area (TPSA) is 58.4 Å². The molecule has 11 heteroatoms. The third-order valence-corrected chi connectivity index (χ3v) is 6.12. The van der Waals surface area contributed by atoms with Crippen molar-refractivity contribution >= 4 is 28.9 Å². The molecule has 4 aromatic rings. The number of anilines is 2. The first-order valence-corrected chi connectivity index (χ1v) is 11.0. The molecule has 0 bridgehead atoms. The van der Waals surface area contributed by atoms with Crippen LogP contribution in [0, 0.1) is 5.82 Å². The Hall–Kier alpha value is -3.40. The molecule has 1 aliphatic heterocycles. The van der Waals surface area contributed by atoms with Crippen LogP contribution in [0.1, 0.15) is 18.5 Å². The van der Waals surface area contributed by atoms with Gasteiger partial charge in [-0.1, -0.05) is 11.6 Å². The second kappa shape index (κ2) is 8.75. The molecule has 0 spiro atoms. The number of pyridine rings is 2. The molecule has 6 nitrogen and oxygen atoms in total. The molecule has 0 amide bonds. The van der Waals surface area contributed by atoms with Gasteiger partial charge in [0.15, 0.2) is 5.65 Å². The van der Waals surface area contributed by atoms with E-state index in [2.05, 4.69) is 20.4 Å². The number of piperidine rings is 1. The highest BCUT2D eigenvalue weighted by Crippen LogP contribution is 2.32. The summed E-state index contributed by atoms with van der Waals surface area (Å²) in [6.07, 6.45) is -0.111. The van der Waals surface area contributed by atoms with E-state index >= 15 is 0 Å². The number of nitrogens with zero attached hydrogens (tertiary/aromatic N) is 5. The Kier molecular flexibility index (Phi) is 5.76. The molecule has 0 atom stereocenters. The maximum atomic E-state index is 13.5. The number of benzene rings is 1. The Labute approximate surface area is 197 Å². The molecule has 176 valence electrons. The van der Waals surface area contributed by atoms with Gasteiger partial charge in [0, 0.05) is 48.3 Å². The van der Waals surface area contributed by atoms with Crippen molar-refractivity contribution in [3.8, 4) is 11.1 Å². The van der Waals surface area contributed by atoms with Crippen molar-refractivity contribution < 1.29 is 17.6 Å². The minimum atomic E-state index is -4.47. The van der Waals surface area contributed by atoms with Gasteiger partial charge >= 0.3 is 6.18 Å². The SMILES string of the molecule is Fc1ccc(-c2cccn3nc(NC4CCN(c5ccnc(C(F)(F)F)c5)CC4)nc23)c(Cl)c1. The Morgan fingerprint density at radius 3 is 2.56 bits per heavy atom. The highest BCUT2D eigenvalue weighted by molar-refractivity contribution is 6.33. The van der Waals surface area contributed by atoms with Gasteiger partial charge in [-0.15, -0.1) is 5.10 Å². The van der Waals surface area contributed by atoms with Crippen molar-refractivity contribution in [3.05, 3.63) is 71.4 Å². The number of alkyl halides is 3. The third-order valence-electron chi connectivity index (χ3n) is 5.81. The van der Waals surface area contributed by atoms with E-state index in [0.29, 0.717) is 48.8 Å². The molecule has 1 fully saturated rings. The molecule has 3 aromatic heterocycles. The highest BCUT2D eigenvalue weighted by Gasteiger charge is 2.33. The first kappa shape index (κ1) is 22.4. The average Bonchev–Trinajstić information content (AvgIpc) is 3.22. The van der Waals surface area contributed by atoms with Crippen LogP contribution in [0.5, 0.6) is 0 Å². The minimum Gasteiger partial charge on any atom is -0.371 e. The van der Waals surface area contributed by atoms with Crippen LogP contribution in [-0.2, 0) is 6.18 Å². The highest BCUT2D eigenvalue weighted by atomic mass is 35.5. The smallest absolute Gasteiger partial charge is 0.371 e. The van der Waals surface area contributed by atoms with Crippen LogP contribution in [-0.4, -0.2) is 38.7 Å². The quantitative estimate of drug-likeness (QED) is 0.373. The molecule has 1 N–H and O–H groups in total. The van der Waals surface area contributed by atoms with Crippen LogP contribution < -0.4 is 10.2 Å². The summed E-state index contributed by atoms with van der Waals surface area (Å²) in [5.41, 5.74) is 1.56. The Morgan fingerprint density at radius 2 is 1.82 bits per heavy atom. The summed E-state index contributed by atoms with van der Waals surface area (Å²) < 4.78 is 54.0. The van der Waals surface area contributed by atoms with Gasteiger partial charge in [-0.3, -0.25) is 4.98 Å². The summed E-state index contributed by atoms with van der Waals surface area (Å²) in [5, 5.41) is 8.09. The lowest BCUT2D eigenvalue weighted by Gasteiger charge is -2.33.